The average Bonchev–Trinajstić information content (AvgIpc) is 2.87. The van der Waals surface area contributed by atoms with Crippen molar-refractivity contribution in [1.29, 1.82) is 0 Å². The molecule has 2 heterocycles. The molecular formula is C21H31BFNO3. The van der Waals surface area contributed by atoms with E-state index in [0.717, 1.165) is 31.5 Å². The van der Waals surface area contributed by atoms with Gasteiger partial charge in [-0.1, -0.05) is 30.3 Å². The lowest BCUT2D eigenvalue weighted by molar-refractivity contribution is 0.00578. The van der Waals surface area contributed by atoms with Crippen LogP contribution in [0.3, 0.4) is 0 Å². The van der Waals surface area contributed by atoms with Crippen LogP contribution in [0.1, 0.15) is 46.1 Å². The van der Waals surface area contributed by atoms with Crippen LogP contribution in [0.25, 0.3) is 5.57 Å². The minimum Gasteiger partial charge on any atom is -0.398 e. The van der Waals surface area contributed by atoms with Crippen molar-refractivity contribution in [2.45, 2.75) is 51.7 Å². The monoisotopic (exact) mass is 375 g/mol. The first-order valence-corrected chi connectivity index (χ1v) is 9.86. The van der Waals surface area contributed by atoms with E-state index in [1.165, 1.54) is 0 Å². The minimum atomic E-state index is -0.997. The van der Waals surface area contributed by atoms with E-state index in [2.05, 4.69) is 4.90 Å². The van der Waals surface area contributed by atoms with E-state index < -0.39 is 18.3 Å². The zero-order valence-electron chi connectivity index (χ0n) is 16.9. The highest BCUT2D eigenvalue weighted by Gasteiger charge is 2.53. The van der Waals surface area contributed by atoms with Crippen LogP contribution < -0.4 is 0 Å². The van der Waals surface area contributed by atoms with Gasteiger partial charge in [0.15, 0.2) is 0 Å². The first-order chi connectivity index (χ1) is 12.7. The standard InChI is InChI=1S/C21H31BFNO3/c1-20(2)21(3,4)27-22(26-20)19(23)18(17-10-6-5-7-11-17)14-24-12-8-9-16(13-24)15-25/h5-7,10-11,16,25H,8-9,12-15H2,1-4H3. The number of benzene rings is 1. The number of piperidine rings is 1. The molecule has 1 N–H and O–H groups in total. The maximum absolute atomic E-state index is 15.6. The van der Waals surface area contributed by atoms with Gasteiger partial charge in [0, 0.05) is 25.3 Å². The molecule has 27 heavy (non-hydrogen) atoms. The number of likely N-dealkylation sites (tertiary alicyclic amines) is 1. The molecule has 2 saturated heterocycles. The second-order valence-corrected chi connectivity index (χ2v) is 8.71. The van der Waals surface area contributed by atoms with Gasteiger partial charge in [-0.15, -0.1) is 0 Å². The fourth-order valence-electron chi connectivity index (χ4n) is 3.70. The Labute approximate surface area is 162 Å². The van der Waals surface area contributed by atoms with Gasteiger partial charge in [0.25, 0.3) is 0 Å². The summed E-state index contributed by atoms with van der Waals surface area (Å²) in [5, 5.41) is 9.50. The molecule has 1 aromatic carbocycles. The molecule has 2 aliphatic rings. The first kappa shape index (κ1) is 20.5. The molecule has 0 amide bonds. The number of halogens is 1. The molecular weight excluding hydrogens is 344 g/mol. The van der Waals surface area contributed by atoms with Crippen molar-refractivity contribution in [2.75, 3.05) is 26.2 Å². The summed E-state index contributed by atoms with van der Waals surface area (Å²) in [7, 11) is -0.997. The van der Waals surface area contributed by atoms with Crippen molar-refractivity contribution in [2.24, 2.45) is 5.92 Å². The van der Waals surface area contributed by atoms with Crippen LogP contribution in [-0.4, -0.2) is 54.6 Å². The van der Waals surface area contributed by atoms with Gasteiger partial charge in [0.1, 0.15) is 5.73 Å². The summed E-state index contributed by atoms with van der Waals surface area (Å²) in [6.45, 7) is 10.1. The number of aliphatic hydroxyl groups is 1. The van der Waals surface area contributed by atoms with Gasteiger partial charge in [-0.05, 0) is 58.6 Å². The summed E-state index contributed by atoms with van der Waals surface area (Å²) in [4.78, 5) is 2.22. The van der Waals surface area contributed by atoms with Crippen LogP contribution in [0, 0.1) is 5.92 Å². The second-order valence-electron chi connectivity index (χ2n) is 8.71. The molecule has 4 nitrogen and oxygen atoms in total. The summed E-state index contributed by atoms with van der Waals surface area (Å²) in [5.41, 5.74) is -0.0668. The molecule has 0 bridgehead atoms. The van der Waals surface area contributed by atoms with Crippen molar-refractivity contribution in [3.05, 3.63) is 41.6 Å². The van der Waals surface area contributed by atoms with E-state index in [1.807, 2.05) is 58.0 Å². The smallest absolute Gasteiger partial charge is 0.398 e. The number of hydrogen-bond acceptors (Lipinski definition) is 4. The Morgan fingerprint density at radius 1 is 1.19 bits per heavy atom. The molecule has 2 aliphatic heterocycles. The molecule has 2 fully saturated rings. The fourth-order valence-corrected chi connectivity index (χ4v) is 3.70. The topological polar surface area (TPSA) is 41.9 Å². The first-order valence-electron chi connectivity index (χ1n) is 9.86. The minimum absolute atomic E-state index is 0.181. The van der Waals surface area contributed by atoms with Gasteiger partial charge >= 0.3 is 7.12 Å². The quantitative estimate of drug-likeness (QED) is 0.797. The summed E-state index contributed by atoms with van der Waals surface area (Å²) >= 11 is 0. The molecule has 6 heteroatoms. The highest BCUT2D eigenvalue weighted by Crippen LogP contribution is 2.40. The van der Waals surface area contributed by atoms with Gasteiger partial charge in [-0.2, -0.15) is 0 Å². The molecule has 1 atom stereocenters. The Balaban J connectivity index is 1.89. The maximum atomic E-state index is 15.6. The van der Waals surface area contributed by atoms with Crippen LogP contribution in [-0.2, 0) is 9.31 Å². The fraction of sp³-hybridized carbons (Fsp3) is 0.619. The molecule has 0 spiro atoms. The van der Waals surface area contributed by atoms with Crippen molar-refractivity contribution in [3.63, 3.8) is 0 Å². The van der Waals surface area contributed by atoms with Crippen LogP contribution >= 0.6 is 0 Å². The normalized spacial score (nSPS) is 26.1. The molecule has 3 rings (SSSR count). The number of rotatable bonds is 5. The van der Waals surface area contributed by atoms with Crippen molar-refractivity contribution in [1.82, 2.24) is 4.90 Å². The van der Waals surface area contributed by atoms with Gasteiger partial charge in [-0.25, -0.2) is 4.39 Å². The number of hydrogen-bond donors (Lipinski definition) is 1. The molecule has 1 unspecified atom stereocenters. The summed E-state index contributed by atoms with van der Waals surface area (Å²) < 4.78 is 27.5. The van der Waals surface area contributed by atoms with E-state index in [0.29, 0.717) is 12.1 Å². The predicted octanol–water partition coefficient (Wildman–Crippen LogP) is 3.70. The van der Waals surface area contributed by atoms with Crippen molar-refractivity contribution >= 4 is 12.7 Å². The van der Waals surface area contributed by atoms with Crippen molar-refractivity contribution in [3.8, 4) is 0 Å². The summed E-state index contributed by atoms with van der Waals surface area (Å²) in [6, 6.07) is 9.61. The summed E-state index contributed by atoms with van der Waals surface area (Å²) in [6.07, 6.45) is 2.04. The molecule has 0 aromatic heterocycles. The molecule has 0 aliphatic carbocycles. The van der Waals surface area contributed by atoms with Crippen LogP contribution in [0.5, 0.6) is 0 Å². The van der Waals surface area contributed by atoms with E-state index in [-0.39, 0.29) is 18.3 Å². The highest BCUT2D eigenvalue weighted by atomic mass is 19.1. The highest BCUT2D eigenvalue weighted by molar-refractivity contribution is 6.55. The summed E-state index contributed by atoms with van der Waals surface area (Å²) in [5.74, 6) is 0.260. The number of aliphatic hydroxyl groups excluding tert-OH is 1. The largest absolute Gasteiger partial charge is 0.525 e. The maximum Gasteiger partial charge on any atom is 0.525 e. The molecule has 0 radical (unpaired) electrons. The van der Waals surface area contributed by atoms with Crippen LogP contribution in [0.4, 0.5) is 4.39 Å². The SMILES string of the molecule is CC1(C)OB(C(F)=C(CN2CCCC(CO)C2)c2ccccc2)OC1(C)C. The van der Waals surface area contributed by atoms with Gasteiger partial charge < -0.3 is 14.4 Å². The third kappa shape index (κ3) is 4.45. The Morgan fingerprint density at radius 2 is 1.81 bits per heavy atom. The lowest BCUT2D eigenvalue weighted by Crippen LogP contribution is -2.41. The van der Waals surface area contributed by atoms with Crippen LogP contribution in [0.15, 0.2) is 36.1 Å². The van der Waals surface area contributed by atoms with Gasteiger partial charge in [-0.3, -0.25) is 4.90 Å². The Morgan fingerprint density at radius 3 is 2.41 bits per heavy atom. The zero-order valence-corrected chi connectivity index (χ0v) is 16.9. The second kappa shape index (κ2) is 8.04. The Kier molecular flexibility index (Phi) is 6.11. The van der Waals surface area contributed by atoms with Crippen molar-refractivity contribution < 1.29 is 18.8 Å². The third-order valence-corrected chi connectivity index (χ3v) is 6.11. The zero-order chi connectivity index (χ0) is 19.7. The van der Waals surface area contributed by atoms with E-state index in [9.17, 15) is 5.11 Å². The lowest BCUT2D eigenvalue weighted by atomic mass is 9.82. The molecule has 1 aromatic rings. The molecule has 148 valence electrons. The Hall–Kier alpha value is -1.21. The van der Waals surface area contributed by atoms with E-state index in [4.69, 9.17) is 9.31 Å². The Bertz CT molecular complexity index is 661. The van der Waals surface area contributed by atoms with E-state index >= 15 is 4.39 Å². The lowest BCUT2D eigenvalue weighted by Gasteiger charge is -2.32. The molecule has 0 saturated carbocycles. The van der Waals surface area contributed by atoms with E-state index in [1.54, 1.807) is 0 Å². The predicted molar refractivity (Wildman–Crippen MR) is 107 cm³/mol. The third-order valence-electron chi connectivity index (χ3n) is 6.11. The van der Waals surface area contributed by atoms with Gasteiger partial charge in [0.2, 0.25) is 0 Å². The average molecular weight is 375 g/mol. The van der Waals surface area contributed by atoms with Gasteiger partial charge in [0.05, 0.1) is 11.2 Å². The number of nitrogens with zero attached hydrogens (tertiary/aromatic N) is 1. The van der Waals surface area contributed by atoms with Crippen LogP contribution in [0.2, 0.25) is 0 Å².